The predicted octanol–water partition coefficient (Wildman–Crippen LogP) is 1.29. The highest BCUT2D eigenvalue weighted by Crippen LogP contribution is 2.33. The van der Waals surface area contributed by atoms with Gasteiger partial charge in [0.05, 0.1) is 5.69 Å². The van der Waals surface area contributed by atoms with Crippen LogP contribution in [0.1, 0.15) is 25.5 Å². The van der Waals surface area contributed by atoms with E-state index in [4.69, 9.17) is 0 Å². The molecule has 0 aliphatic carbocycles. The van der Waals surface area contributed by atoms with Gasteiger partial charge >= 0.3 is 0 Å². The Morgan fingerprint density at radius 3 is 2.79 bits per heavy atom. The number of nitrogens with one attached hydrogen (secondary N) is 2. The zero-order valence-corrected chi connectivity index (χ0v) is 11.4. The number of anilines is 2. The highest BCUT2D eigenvalue weighted by molar-refractivity contribution is 6.02. The van der Waals surface area contributed by atoms with Crippen LogP contribution in [-0.4, -0.2) is 36.1 Å². The Balaban J connectivity index is 2.01. The molecule has 0 spiro atoms. The van der Waals surface area contributed by atoms with E-state index in [-0.39, 0.29) is 11.9 Å². The monoisotopic (exact) mass is 260 g/mol. The summed E-state index contributed by atoms with van der Waals surface area (Å²) in [5.41, 5.74) is 1.83. The van der Waals surface area contributed by atoms with Crippen LogP contribution in [0.25, 0.3) is 0 Å². The lowest BCUT2D eigenvalue weighted by Crippen LogP contribution is -2.54. The molecule has 0 radical (unpaired) electrons. The number of hydrogen-bond donors (Lipinski definition) is 2. The van der Waals surface area contributed by atoms with E-state index < -0.39 is 0 Å². The molecule has 3 rings (SSSR count). The van der Waals surface area contributed by atoms with Gasteiger partial charge in [0.2, 0.25) is 5.91 Å². The first-order valence-electron chi connectivity index (χ1n) is 6.94. The number of carbonyl (C=O) groups is 1. The molecule has 0 saturated carbocycles. The smallest absolute Gasteiger partial charge is 0.246 e. The molecule has 1 aromatic rings. The van der Waals surface area contributed by atoms with Gasteiger partial charge in [0.15, 0.2) is 5.82 Å². The molecule has 102 valence electrons. The second-order valence-electron chi connectivity index (χ2n) is 5.38. The van der Waals surface area contributed by atoms with Crippen LogP contribution >= 0.6 is 0 Å². The minimum Gasteiger partial charge on any atom is -0.340 e. The largest absolute Gasteiger partial charge is 0.340 e. The van der Waals surface area contributed by atoms with E-state index in [1.165, 1.54) is 0 Å². The molecule has 1 atom stereocenters. The van der Waals surface area contributed by atoms with Gasteiger partial charge in [0.1, 0.15) is 6.04 Å². The average Bonchev–Trinajstić information content (AvgIpc) is 2.42. The quantitative estimate of drug-likeness (QED) is 0.799. The maximum absolute atomic E-state index is 12.1. The number of hydrogen-bond acceptors (Lipinski definition) is 4. The number of fused-ring (bicyclic) bond motifs is 1. The van der Waals surface area contributed by atoms with Crippen molar-refractivity contribution in [1.29, 1.82) is 0 Å². The van der Waals surface area contributed by atoms with Gasteiger partial charge in [-0.2, -0.15) is 0 Å². The molecule has 1 saturated heterocycles. The van der Waals surface area contributed by atoms with Crippen molar-refractivity contribution in [2.75, 3.05) is 23.3 Å². The first kappa shape index (κ1) is 12.4. The van der Waals surface area contributed by atoms with E-state index in [9.17, 15) is 4.79 Å². The van der Waals surface area contributed by atoms with Gasteiger partial charge in [0, 0.05) is 11.7 Å². The molecule has 0 bridgehead atoms. The number of piperidine rings is 1. The molecule has 1 unspecified atom stereocenters. The lowest BCUT2D eigenvalue weighted by atomic mass is 10.0. The zero-order valence-electron chi connectivity index (χ0n) is 11.4. The summed E-state index contributed by atoms with van der Waals surface area (Å²) in [4.78, 5) is 19.0. The van der Waals surface area contributed by atoms with Gasteiger partial charge in [-0.1, -0.05) is 0 Å². The lowest BCUT2D eigenvalue weighted by molar-refractivity contribution is -0.117. The Labute approximate surface area is 113 Å². The normalized spacial score (nSPS) is 24.0. The second-order valence-corrected chi connectivity index (χ2v) is 5.38. The van der Waals surface area contributed by atoms with Gasteiger partial charge in [-0.15, -0.1) is 0 Å². The third kappa shape index (κ3) is 2.18. The molecular formula is C14H20N4O. The standard InChI is InChI=1S/C14H20N4O/c1-9-3-4-12-13(16-9)18(10(2)14(19)17-12)11-5-7-15-8-6-11/h3-4,10-11,15H,5-8H2,1-2H3,(H,17,19). The van der Waals surface area contributed by atoms with E-state index in [1.54, 1.807) is 0 Å². The minimum atomic E-state index is -0.148. The van der Waals surface area contributed by atoms with E-state index in [1.807, 2.05) is 26.0 Å². The first-order valence-corrected chi connectivity index (χ1v) is 6.94. The fourth-order valence-corrected chi connectivity index (χ4v) is 2.96. The predicted molar refractivity (Wildman–Crippen MR) is 75.4 cm³/mol. The maximum atomic E-state index is 12.1. The maximum Gasteiger partial charge on any atom is 0.246 e. The van der Waals surface area contributed by atoms with Gasteiger partial charge < -0.3 is 15.5 Å². The van der Waals surface area contributed by atoms with Crippen LogP contribution in [-0.2, 0) is 4.79 Å². The van der Waals surface area contributed by atoms with Crippen LogP contribution in [0.4, 0.5) is 11.5 Å². The van der Waals surface area contributed by atoms with Crippen molar-refractivity contribution in [3.63, 3.8) is 0 Å². The summed E-state index contributed by atoms with van der Waals surface area (Å²) in [6.45, 7) is 5.97. The van der Waals surface area contributed by atoms with Crippen molar-refractivity contribution in [2.45, 2.75) is 38.8 Å². The molecule has 1 amide bonds. The van der Waals surface area contributed by atoms with Crippen molar-refractivity contribution in [2.24, 2.45) is 0 Å². The number of amides is 1. The molecule has 0 aromatic carbocycles. The average molecular weight is 260 g/mol. The van der Waals surface area contributed by atoms with Crippen molar-refractivity contribution in [3.8, 4) is 0 Å². The number of aryl methyl sites for hydroxylation is 1. The fourth-order valence-electron chi connectivity index (χ4n) is 2.96. The summed E-state index contributed by atoms with van der Waals surface area (Å²) in [5, 5.41) is 6.31. The molecule has 1 fully saturated rings. The van der Waals surface area contributed by atoms with Crippen LogP contribution < -0.4 is 15.5 Å². The van der Waals surface area contributed by atoms with Gasteiger partial charge in [-0.3, -0.25) is 4.79 Å². The highest BCUT2D eigenvalue weighted by Gasteiger charge is 2.35. The number of pyridine rings is 1. The Morgan fingerprint density at radius 1 is 1.32 bits per heavy atom. The van der Waals surface area contributed by atoms with Crippen LogP contribution in [0.2, 0.25) is 0 Å². The van der Waals surface area contributed by atoms with Crippen LogP contribution in [0, 0.1) is 6.92 Å². The number of aromatic nitrogens is 1. The van der Waals surface area contributed by atoms with E-state index >= 15 is 0 Å². The molecular weight excluding hydrogens is 240 g/mol. The molecule has 5 heteroatoms. The summed E-state index contributed by atoms with van der Waals surface area (Å²) in [7, 11) is 0. The van der Waals surface area contributed by atoms with Crippen LogP contribution in [0.15, 0.2) is 12.1 Å². The van der Waals surface area contributed by atoms with Crippen LogP contribution in [0.5, 0.6) is 0 Å². The van der Waals surface area contributed by atoms with Crippen molar-refractivity contribution < 1.29 is 4.79 Å². The summed E-state index contributed by atoms with van der Waals surface area (Å²) in [5.74, 6) is 0.996. The van der Waals surface area contributed by atoms with Crippen LogP contribution in [0.3, 0.4) is 0 Å². The summed E-state index contributed by atoms with van der Waals surface area (Å²) in [6, 6.07) is 4.14. The Bertz CT molecular complexity index is 496. The zero-order chi connectivity index (χ0) is 13.4. The summed E-state index contributed by atoms with van der Waals surface area (Å²) >= 11 is 0. The second kappa shape index (κ2) is 4.81. The van der Waals surface area contributed by atoms with E-state index in [0.717, 1.165) is 43.1 Å². The lowest BCUT2D eigenvalue weighted by Gasteiger charge is -2.42. The number of rotatable bonds is 1. The fraction of sp³-hybridized carbons (Fsp3) is 0.571. The highest BCUT2D eigenvalue weighted by atomic mass is 16.2. The third-order valence-corrected chi connectivity index (χ3v) is 4.02. The van der Waals surface area contributed by atoms with Gasteiger partial charge in [-0.25, -0.2) is 4.98 Å². The topological polar surface area (TPSA) is 57.3 Å². The molecule has 5 nitrogen and oxygen atoms in total. The van der Waals surface area contributed by atoms with Crippen molar-refractivity contribution in [1.82, 2.24) is 10.3 Å². The summed E-state index contributed by atoms with van der Waals surface area (Å²) < 4.78 is 0. The molecule has 1 aromatic heterocycles. The molecule has 2 N–H and O–H groups in total. The Hall–Kier alpha value is -1.62. The summed E-state index contributed by atoms with van der Waals surface area (Å²) in [6.07, 6.45) is 2.12. The van der Waals surface area contributed by atoms with Crippen molar-refractivity contribution in [3.05, 3.63) is 17.8 Å². The third-order valence-electron chi connectivity index (χ3n) is 4.02. The van der Waals surface area contributed by atoms with Gasteiger partial charge in [-0.05, 0) is 51.9 Å². The molecule has 19 heavy (non-hydrogen) atoms. The SMILES string of the molecule is Cc1ccc2c(n1)N(C1CCNCC1)C(C)C(=O)N2. The Morgan fingerprint density at radius 2 is 2.05 bits per heavy atom. The molecule has 2 aliphatic rings. The van der Waals surface area contributed by atoms with Gasteiger partial charge in [0.25, 0.3) is 0 Å². The molecule has 2 aliphatic heterocycles. The minimum absolute atomic E-state index is 0.0664. The van der Waals surface area contributed by atoms with E-state index in [2.05, 4.69) is 20.5 Å². The first-order chi connectivity index (χ1) is 9.16. The number of carbonyl (C=O) groups excluding carboxylic acids is 1. The Kier molecular flexibility index (Phi) is 3.14. The van der Waals surface area contributed by atoms with E-state index in [0.29, 0.717) is 6.04 Å². The number of nitrogens with zero attached hydrogens (tertiary/aromatic N) is 2. The van der Waals surface area contributed by atoms with Crippen molar-refractivity contribution >= 4 is 17.4 Å². The molecule has 3 heterocycles.